The lowest BCUT2D eigenvalue weighted by molar-refractivity contribution is -0.161. The zero-order valence-electron chi connectivity index (χ0n) is 47.9. The summed E-state index contributed by atoms with van der Waals surface area (Å²) in [6.07, 6.45) is 86.2. The Morgan fingerprint density at radius 3 is 0.917 bits per heavy atom. The third-order valence-corrected chi connectivity index (χ3v) is 14.0. The van der Waals surface area contributed by atoms with Gasteiger partial charge in [0, 0.05) is 12.8 Å². The van der Waals surface area contributed by atoms with E-state index in [4.69, 9.17) is 9.47 Å². The molecule has 0 saturated carbocycles. The first-order chi connectivity index (χ1) is 35.6. The van der Waals surface area contributed by atoms with Crippen molar-refractivity contribution in [1.29, 1.82) is 0 Å². The molecular weight excluding hydrogens is 885 g/mol. The summed E-state index contributed by atoms with van der Waals surface area (Å²) >= 11 is 0. The van der Waals surface area contributed by atoms with Crippen LogP contribution in [0.5, 0.6) is 0 Å². The van der Waals surface area contributed by atoms with Crippen LogP contribution < -0.4 is 0 Å². The Morgan fingerprint density at radius 1 is 0.333 bits per heavy atom. The van der Waals surface area contributed by atoms with Gasteiger partial charge >= 0.3 is 11.9 Å². The Kier molecular flexibility index (Phi) is 60.3. The predicted molar refractivity (Wildman–Crippen MR) is 316 cm³/mol. The second-order valence-corrected chi connectivity index (χ2v) is 21.1. The van der Waals surface area contributed by atoms with E-state index in [1.807, 2.05) is 0 Å². The van der Waals surface area contributed by atoms with Crippen molar-refractivity contribution in [1.82, 2.24) is 0 Å². The lowest BCUT2D eigenvalue weighted by atomic mass is 10.0. The summed E-state index contributed by atoms with van der Waals surface area (Å²) in [6.45, 7) is 4.07. The Morgan fingerprint density at radius 2 is 0.597 bits per heavy atom. The molecule has 0 rings (SSSR count). The standard InChI is InChI=1S/C67H120O5/c1-3-5-7-9-11-13-15-17-19-21-23-25-27-29-30-31-32-33-34-35-36-38-40-42-44-46-48-50-52-54-56-58-60-62-67(70)72-65(63-68)64-71-66(69)61-59-57-55-53-51-49-47-45-43-41-39-37-28-26-24-22-20-18-16-14-12-10-8-6-4-2/h5,7,11,13,17,19,22-25,29-30,65,68H,3-4,6,8-10,12,14-16,18,20-21,26-28,31-64H2,1-2H3/b7-5-,13-11-,19-17-,24-22-,25-23-,30-29-. The largest absolute Gasteiger partial charge is 0.462 e. The molecule has 1 unspecified atom stereocenters. The first kappa shape index (κ1) is 69.3. The van der Waals surface area contributed by atoms with Crippen molar-refractivity contribution in [3.8, 4) is 0 Å². The van der Waals surface area contributed by atoms with Crippen LogP contribution in [0.25, 0.3) is 0 Å². The smallest absolute Gasteiger partial charge is 0.306 e. The summed E-state index contributed by atoms with van der Waals surface area (Å²) < 4.78 is 10.7. The maximum atomic E-state index is 12.3. The highest BCUT2D eigenvalue weighted by Gasteiger charge is 2.16. The van der Waals surface area contributed by atoms with E-state index in [1.165, 1.54) is 225 Å². The number of unbranched alkanes of at least 4 members (excludes halogenated alkanes) is 38. The summed E-state index contributed by atoms with van der Waals surface area (Å²) in [4.78, 5) is 24.6. The summed E-state index contributed by atoms with van der Waals surface area (Å²) in [5.41, 5.74) is 0. The minimum atomic E-state index is -0.774. The zero-order chi connectivity index (χ0) is 52.0. The zero-order valence-corrected chi connectivity index (χ0v) is 47.9. The maximum absolute atomic E-state index is 12.3. The Bertz CT molecular complexity index is 1270. The van der Waals surface area contributed by atoms with E-state index < -0.39 is 6.10 Å². The van der Waals surface area contributed by atoms with E-state index in [-0.39, 0.29) is 25.2 Å². The molecule has 0 aliphatic rings. The normalized spacial score (nSPS) is 12.7. The number of carbonyl (C=O) groups is 2. The quantitative estimate of drug-likeness (QED) is 0.0373. The van der Waals surface area contributed by atoms with Gasteiger partial charge in [-0.05, 0) is 83.5 Å². The van der Waals surface area contributed by atoms with Crippen LogP contribution in [-0.2, 0) is 19.1 Å². The molecule has 0 bridgehead atoms. The average Bonchev–Trinajstić information content (AvgIpc) is 3.38. The molecule has 0 fully saturated rings. The third kappa shape index (κ3) is 59.9. The topological polar surface area (TPSA) is 72.8 Å². The molecule has 0 aromatic rings. The fourth-order valence-electron chi connectivity index (χ4n) is 9.29. The average molecular weight is 1010 g/mol. The predicted octanol–water partition coefficient (Wildman–Crippen LogP) is 21.5. The van der Waals surface area contributed by atoms with Crippen LogP contribution in [0.15, 0.2) is 72.9 Å². The van der Waals surface area contributed by atoms with Crippen molar-refractivity contribution in [2.24, 2.45) is 0 Å². The molecule has 0 aromatic heterocycles. The second kappa shape index (κ2) is 62.6. The van der Waals surface area contributed by atoms with E-state index in [0.717, 1.165) is 70.6 Å². The highest BCUT2D eigenvalue weighted by Crippen LogP contribution is 2.17. The SMILES string of the molecule is CC/C=C\C/C=C\C/C=C\C/C=C\C/C=C\CCCCCCCCCCCCCCCCCCCC(=O)OC(CO)COC(=O)CCCCCCCCCCCCCCC/C=C\CCCCCCCCCC. The van der Waals surface area contributed by atoms with Gasteiger partial charge < -0.3 is 14.6 Å². The molecule has 0 aromatic carbocycles. The number of allylic oxidation sites excluding steroid dienone is 12. The number of aliphatic hydroxyl groups is 1. The summed E-state index contributed by atoms with van der Waals surface area (Å²) in [5, 5.41) is 9.68. The summed E-state index contributed by atoms with van der Waals surface area (Å²) in [6, 6.07) is 0. The number of esters is 2. The monoisotopic (exact) mass is 1000 g/mol. The second-order valence-electron chi connectivity index (χ2n) is 21.1. The molecular formula is C67H120O5. The molecule has 0 radical (unpaired) electrons. The van der Waals surface area contributed by atoms with Crippen LogP contribution in [0.2, 0.25) is 0 Å². The molecule has 72 heavy (non-hydrogen) atoms. The van der Waals surface area contributed by atoms with E-state index in [1.54, 1.807) is 0 Å². The highest BCUT2D eigenvalue weighted by molar-refractivity contribution is 5.70. The van der Waals surface area contributed by atoms with Crippen LogP contribution >= 0.6 is 0 Å². The molecule has 0 spiro atoms. The molecule has 1 N–H and O–H groups in total. The summed E-state index contributed by atoms with van der Waals surface area (Å²) in [7, 11) is 0. The van der Waals surface area contributed by atoms with Gasteiger partial charge in [-0.1, -0.05) is 299 Å². The lowest BCUT2D eigenvalue weighted by Gasteiger charge is -2.15. The van der Waals surface area contributed by atoms with Gasteiger partial charge in [0.25, 0.3) is 0 Å². The van der Waals surface area contributed by atoms with Gasteiger partial charge in [-0.2, -0.15) is 0 Å². The van der Waals surface area contributed by atoms with Crippen molar-refractivity contribution in [3.63, 3.8) is 0 Å². The molecule has 0 saturated heterocycles. The van der Waals surface area contributed by atoms with Gasteiger partial charge in [0.05, 0.1) is 6.61 Å². The van der Waals surface area contributed by atoms with Gasteiger partial charge in [-0.25, -0.2) is 0 Å². The van der Waals surface area contributed by atoms with Gasteiger partial charge in [0.1, 0.15) is 6.61 Å². The molecule has 0 amide bonds. The first-order valence-electron chi connectivity index (χ1n) is 31.5. The molecule has 418 valence electrons. The van der Waals surface area contributed by atoms with E-state index in [9.17, 15) is 14.7 Å². The van der Waals surface area contributed by atoms with Crippen LogP contribution in [-0.4, -0.2) is 36.4 Å². The molecule has 5 heteroatoms. The molecule has 0 heterocycles. The number of carbonyl (C=O) groups excluding carboxylic acids is 2. The van der Waals surface area contributed by atoms with Gasteiger partial charge in [-0.3, -0.25) is 9.59 Å². The van der Waals surface area contributed by atoms with Gasteiger partial charge in [-0.15, -0.1) is 0 Å². The number of ether oxygens (including phenoxy) is 2. The number of rotatable bonds is 58. The fraction of sp³-hybridized carbons (Fsp3) is 0.791. The van der Waals surface area contributed by atoms with Crippen LogP contribution in [0.1, 0.15) is 322 Å². The first-order valence-corrected chi connectivity index (χ1v) is 31.5. The number of aliphatic hydroxyl groups excluding tert-OH is 1. The summed E-state index contributed by atoms with van der Waals surface area (Å²) in [5.74, 6) is -0.577. The maximum Gasteiger partial charge on any atom is 0.306 e. The van der Waals surface area contributed by atoms with Crippen molar-refractivity contribution < 1.29 is 24.2 Å². The van der Waals surface area contributed by atoms with Gasteiger partial charge in [0.15, 0.2) is 6.10 Å². The molecule has 5 nitrogen and oxygen atoms in total. The Balaban J connectivity index is 3.44. The van der Waals surface area contributed by atoms with Gasteiger partial charge in [0.2, 0.25) is 0 Å². The minimum Gasteiger partial charge on any atom is -0.462 e. The van der Waals surface area contributed by atoms with Crippen LogP contribution in [0.4, 0.5) is 0 Å². The van der Waals surface area contributed by atoms with Crippen molar-refractivity contribution >= 4 is 11.9 Å². The van der Waals surface area contributed by atoms with E-state index in [2.05, 4.69) is 86.8 Å². The van der Waals surface area contributed by atoms with E-state index >= 15 is 0 Å². The fourth-order valence-corrected chi connectivity index (χ4v) is 9.29. The van der Waals surface area contributed by atoms with Crippen molar-refractivity contribution in [2.75, 3.05) is 13.2 Å². The van der Waals surface area contributed by atoms with Crippen LogP contribution in [0.3, 0.4) is 0 Å². The van der Waals surface area contributed by atoms with Crippen LogP contribution in [0, 0.1) is 0 Å². The minimum absolute atomic E-state index is 0.0637. The highest BCUT2D eigenvalue weighted by atomic mass is 16.6. The number of hydrogen-bond acceptors (Lipinski definition) is 5. The van der Waals surface area contributed by atoms with E-state index in [0.29, 0.717) is 12.8 Å². The molecule has 0 aliphatic heterocycles. The Labute approximate surface area is 448 Å². The molecule has 1 atom stereocenters. The molecule has 0 aliphatic carbocycles. The van der Waals surface area contributed by atoms with Crippen molar-refractivity contribution in [2.45, 2.75) is 328 Å². The lowest BCUT2D eigenvalue weighted by Crippen LogP contribution is -2.28. The Hall–Kier alpha value is -2.66. The third-order valence-electron chi connectivity index (χ3n) is 14.0. The number of hydrogen-bond donors (Lipinski definition) is 1. The van der Waals surface area contributed by atoms with Crippen molar-refractivity contribution in [3.05, 3.63) is 72.9 Å².